The van der Waals surface area contributed by atoms with Crippen LogP contribution in [-0.2, 0) is 0 Å². The highest BCUT2D eigenvalue weighted by molar-refractivity contribution is 7.22. The van der Waals surface area contributed by atoms with E-state index in [1.54, 1.807) is 11.3 Å². The van der Waals surface area contributed by atoms with Gasteiger partial charge in [-0.1, -0.05) is 35.1 Å². The number of hydrogen-bond donors (Lipinski definition) is 1. The van der Waals surface area contributed by atoms with Gasteiger partial charge >= 0.3 is 0 Å². The van der Waals surface area contributed by atoms with Crippen molar-refractivity contribution in [2.24, 2.45) is 0 Å². The molecule has 0 spiro atoms. The number of carbonyl (C=O) groups is 1. The van der Waals surface area contributed by atoms with Crippen LogP contribution in [0.5, 0.6) is 0 Å². The molecule has 0 radical (unpaired) electrons. The molecule has 3 aromatic rings. The van der Waals surface area contributed by atoms with Crippen LogP contribution in [0.3, 0.4) is 0 Å². The van der Waals surface area contributed by atoms with Crippen molar-refractivity contribution >= 4 is 32.6 Å². The number of amides is 1. The number of aryl methyl sites for hydroxylation is 3. The Morgan fingerprint density at radius 1 is 1.08 bits per heavy atom. The van der Waals surface area contributed by atoms with E-state index in [4.69, 9.17) is 4.98 Å². The topological polar surface area (TPSA) is 37.6 Å². The number of rotatable bonds is 5. The van der Waals surface area contributed by atoms with Gasteiger partial charge < -0.3 is 4.90 Å². The fraction of sp³-hybridized carbons (Fsp3) is 0.333. The van der Waals surface area contributed by atoms with E-state index in [-0.39, 0.29) is 5.91 Å². The van der Waals surface area contributed by atoms with Crippen LogP contribution in [0.1, 0.15) is 27.0 Å². The van der Waals surface area contributed by atoms with Crippen molar-refractivity contribution in [1.29, 1.82) is 0 Å². The molecule has 1 aromatic heterocycles. The Morgan fingerprint density at radius 3 is 2.50 bits per heavy atom. The van der Waals surface area contributed by atoms with Crippen molar-refractivity contribution in [2.45, 2.75) is 20.8 Å². The molecular formula is C21H26N3OS+. The molecule has 1 amide bonds. The highest BCUT2D eigenvalue weighted by Crippen LogP contribution is 2.30. The maximum Gasteiger partial charge on any atom is 0.260 e. The first-order chi connectivity index (χ1) is 12.3. The minimum atomic E-state index is 0.0308. The molecule has 0 atom stereocenters. The maximum absolute atomic E-state index is 13.4. The zero-order chi connectivity index (χ0) is 18.8. The predicted octanol–water partition coefficient (Wildman–Crippen LogP) is 3.01. The average molecular weight is 369 g/mol. The number of nitrogens with one attached hydrogen (secondary N) is 1. The van der Waals surface area contributed by atoms with Crippen LogP contribution in [0.25, 0.3) is 10.2 Å². The third-order valence-electron chi connectivity index (χ3n) is 4.47. The SMILES string of the molecule is Cc1ccc(C)c(C(=O)N(CC[NH+](C)C)c2nc3ccc(C)cc3s2)c1. The molecule has 0 aliphatic carbocycles. The second-order valence-electron chi connectivity index (χ2n) is 7.20. The summed E-state index contributed by atoms with van der Waals surface area (Å²) in [5, 5.41) is 0.776. The van der Waals surface area contributed by atoms with E-state index in [1.165, 1.54) is 10.5 Å². The predicted molar refractivity (Wildman–Crippen MR) is 110 cm³/mol. The highest BCUT2D eigenvalue weighted by atomic mass is 32.1. The smallest absolute Gasteiger partial charge is 0.260 e. The largest absolute Gasteiger partial charge is 0.338 e. The van der Waals surface area contributed by atoms with E-state index in [2.05, 4.69) is 33.2 Å². The zero-order valence-electron chi connectivity index (χ0n) is 16.1. The summed E-state index contributed by atoms with van der Waals surface area (Å²) < 4.78 is 1.12. The molecule has 0 aliphatic rings. The van der Waals surface area contributed by atoms with Gasteiger partial charge in [-0.05, 0) is 50.1 Å². The summed E-state index contributed by atoms with van der Waals surface area (Å²) in [5.41, 5.74) is 5.01. The fourth-order valence-corrected chi connectivity index (χ4v) is 3.95. The van der Waals surface area contributed by atoms with E-state index in [0.29, 0.717) is 6.54 Å². The standard InChI is InChI=1S/C21H25N3OS/c1-14-6-8-16(3)17(12-14)20(25)24(11-10-23(4)5)21-22-18-9-7-15(2)13-19(18)26-21/h6-9,12-13H,10-11H2,1-5H3/p+1. The molecule has 26 heavy (non-hydrogen) atoms. The Bertz CT molecular complexity index is 946. The summed E-state index contributed by atoms with van der Waals surface area (Å²) in [6.45, 7) is 7.60. The van der Waals surface area contributed by atoms with Crippen LogP contribution >= 0.6 is 11.3 Å². The van der Waals surface area contributed by atoms with E-state index in [9.17, 15) is 4.79 Å². The number of aromatic nitrogens is 1. The molecule has 5 heteroatoms. The number of hydrogen-bond acceptors (Lipinski definition) is 3. The molecule has 0 saturated carbocycles. The number of likely N-dealkylation sites (N-methyl/N-ethyl adjacent to an activating group) is 1. The molecule has 1 N–H and O–H groups in total. The molecule has 136 valence electrons. The van der Waals surface area contributed by atoms with E-state index >= 15 is 0 Å². The monoisotopic (exact) mass is 368 g/mol. The number of quaternary nitrogens is 1. The Kier molecular flexibility index (Phi) is 5.39. The van der Waals surface area contributed by atoms with Gasteiger partial charge in [0.2, 0.25) is 0 Å². The lowest BCUT2D eigenvalue weighted by Crippen LogP contribution is -3.06. The Hall–Kier alpha value is -2.24. The highest BCUT2D eigenvalue weighted by Gasteiger charge is 2.23. The third kappa shape index (κ3) is 3.94. The molecule has 4 nitrogen and oxygen atoms in total. The van der Waals surface area contributed by atoms with Crippen molar-refractivity contribution in [3.63, 3.8) is 0 Å². The molecule has 0 saturated heterocycles. The molecule has 2 aromatic carbocycles. The quantitative estimate of drug-likeness (QED) is 0.752. The molecule has 0 unspecified atom stereocenters. The van der Waals surface area contributed by atoms with Gasteiger partial charge in [0.1, 0.15) is 0 Å². The van der Waals surface area contributed by atoms with Crippen LogP contribution < -0.4 is 9.80 Å². The molecule has 0 fully saturated rings. The van der Waals surface area contributed by atoms with Crippen molar-refractivity contribution in [2.75, 3.05) is 32.1 Å². The Morgan fingerprint density at radius 2 is 1.77 bits per heavy atom. The van der Waals surface area contributed by atoms with Crippen LogP contribution in [0.4, 0.5) is 5.13 Å². The lowest BCUT2D eigenvalue weighted by atomic mass is 10.0. The lowest BCUT2D eigenvalue weighted by Gasteiger charge is -2.21. The lowest BCUT2D eigenvalue weighted by molar-refractivity contribution is -0.856. The van der Waals surface area contributed by atoms with E-state index in [0.717, 1.165) is 38.6 Å². The maximum atomic E-state index is 13.4. The Balaban J connectivity index is 2.03. The van der Waals surface area contributed by atoms with E-state index < -0.39 is 0 Å². The van der Waals surface area contributed by atoms with Crippen LogP contribution in [0, 0.1) is 20.8 Å². The van der Waals surface area contributed by atoms with Crippen molar-refractivity contribution in [1.82, 2.24) is 4.98 Å². The summed E-state index contributed by atoms with van der Waals surface area (Å²) in [4.78, 5) is 21.3. The number of carbonyl (C=O) groups excluding carboxylic acids is 1. The second kappa shape index (κ2) is 7.56. The van der Waals surface area contributed by atoms with Crippen LogP contribution in [0.15, 0.2) is 36.4 Å². The number of anilines is 1. The minimum absolute atomic E-state index is 0.0308. The van der Waals surface area contributed by atoms with Crippen molar-refractivity contribution in [3.8, 4) is 0 Å². The average Bonchev–Trinajstić information content (AvgIpc) is 2.99. The zero-order valence-corrected chi connectivity index (χ0v) is 16.9. The van der Waals surface area contributed by atoms with Gasteiger partial charge in [-0.2, -0.15) is 0 Å². The number of benzene rings is 2. The minimum Gasteiger partial charge on any atom is -0.338 e. The molecule has 0 bridgehead atoms. The first-order valence-corrected chi connectivity index (χ1v) is 9.72. The van der Waals surface area contributed by atoms with Crippen LogP contribution in [0.2, 0.25) is 0 Å². The van der Waals surface area contributed by atoms with Gasteiger partial charge in [0.15, 0.2) is 5.13 Å². The first kappa shape index (κ1) is 18.5. The van der Waals surface area contributed by atoms with Gasteiger partial charge in [0.05, 0.1) is 37.4 Å². The van der Waals surface area contributed by atoms with Crippen LogP contribution in [-0.4, -0.2) is 38.1 Å². The van der Waals surface area contributed by atoms with Gasteiger partial charge in [0, 0.05) is 5.56 Å². The molecule has 0 aliphatic heterocycles. The van der Waals surface area contributed by atoms with Gasteiger partial charge in [-0.25, -0.2) is 4.98 Å². The normalized spacial score (nSPS) is 11.3. The summed E-state index contributed by atoms with van der Waals surface area (Å²) in [6.07, 6.45) is 0. The molecule has 3 rings (SSSR count). The number of fused-ring (bicyclic) bond motifs is 1. The summed E-state index contributed by atoms with van der Waals surface area (Å²) in [5.74, 6) is 0.0308. The number of nitrogens with zero attached hydrogens (tertiary/aromatic N) is 2. The third-order valence-corrected chi connectivity index (χ3v) is 5.51. The van der Waals surface area contributed by atoms with Crippen molar-refractivity contribution < 1.29 is 9.69 Å². The fourth-order valence-electron chi connectivity index (χ4n) is 2.87. The first-order valence-electron chi connectivity index (χ1n) is 8.90. The summed E-state index contributed by atoms with van der Waals surface area (Å²) in [7, 11) is 4.20. The van der Waals surface area contributed by atoms with E-state index in [1.807, 2.05) is 43.0 Å². The molecular weight excluding hydrogens is 342 g/mol. The second-order valence-corrected chi connectivity index (χ2v) is 8.21. The number of thiazole rings is 1. The molecule has 1 heterocycles. The van der Waals surface area contributed by atoms with Crippen molar-refractivity contribution in [3.05, 3.63) is 58.7 Å². The van der Waals surface area contributed by atoms with Gasteiger partial charge in [-0.15, -0.1) is 0 Å². The van der Waals surface area contributed by atoms with Gasteiger partial charge in [-0.3, -0.25) is 9.69 Å². The summed E-state index contributed by atoms with van der Waals surface area (Å²) in [6, 6.07) is 12.3. The summed E-state index contributed by atoms with van der Waals surface area (Å²) >= 11 is 1.59. The van der Waals surface area contributed by atoms with Gasteiger partial charge in [0.25, 0.3) is 5.91 Å². The Labute approximate surface area is 159 Å².